The third kappa shape index (κ3) is 21.6. The molecule has 0 saturated carbocycles. The van der Waals surface area contributed by atoms with E-state index < -0.39 is 24.2 Å². The number of hydrogen-bond acceptors (Lipinski definition) is 1. The van der Waals surface area contributed by atoms with Crippen LogP contribution in [0.4, 0.5) is 0 Å². The van der Waals surface area contributed by atoms with E-state index in [1.54, 1.807) is 0 Å². The van der Waals surface area contributed by atoms with Crippen LogP contribution in [0.15, 0.2) is 182 Å². The molecule has 324 valence electrons. The fraction of sp³-hybridized carbons (Fsp3) is 0.288. The predicted molar refractivity (Wildman–Crippen MR) is 287 cm³/mol. The molecule has 0 amide bonds. The van der Waals surface area contributed by atoms with E-state index in [0.29, 0.717) is 0 Å². The van der Waals surface area contributed by atoms with E-state index in [9.17, 15) is 0 Å². The van der Waals surface area contributed by atoms with Crippen molar-refractivity contribution in [2.45, 2.75) is 77.1 Å². The second-order valence-electron chi connectivity index (χ2n) is 18.4. The summed E-state index contributed by atoms with van der Waals surface area (Å²) in [5, 5.41) is 9.09. The Morgan fingerprint density at radius 2 is 0.450 bits per heavy atom. The Labute approximate surface area is 390 Å². The van der Waals surface area contributed by atoms with Crippen molar-refractivity contribution in [1.29, 1.82) is 0 Å². The number of rotatable bonds is 15. The zero-order valence-electron chi connectivity index (χ0n) is 40.9. The number of hydrogen-bond donors (Lipinski definition) is 0. The van der Waals surface area contributed by atoms with E-state index in [4.69, 9.17) is 4.79 Å². The van der Waals surface area contributed by atoms with Gasteiger partial charge in [0.1, 0.15) is 6.79 Å². The molecule has 0 radical (unpaired) electrons. The molecule has 0 spiro atoms. The van der Waals surface area contributed by atoms with Gasteiger partial charge in [-0.05, 0) is 74.1 Å². The van der Waals surface area contributed by atoms with Gasteiger partial charge in [-0.2, -0.15) is 0 Å². The molecule has 0 atom stereocenters. The monoisotopic (exact) mass is 994 g/mol. The van der Waals surface area contributed by atoms with E-state index in [1.165, 1.54) is 68.4 Å². The van der Waals surface area contributed by atoms with Gasteiger partial charge >= 0.3 is 19.5 Å². The van der Waals surface area contributed by atoms with Gasteiger partial charge in [0.25, 0.3) is 0 Å². The van der Waals surface area contributed by atoms with Crippen LogP contribution in [0.3, 0.4) is 0 Å². The zero-order chi connectivity index (χ0) is 43.2. The molecule has 0 saturated heterocycles. The largest absolute Gasteiger partial charge is 3.00 e. The normalized spacial score (nSPS) is 11.3. The average molecular weight is 995 g/mol. The maximum absolute atomic E-state index is 8.00. The number of benzene rings is 6. The summed E-state index contributed by atoms with van der Waals surface area (Å²) >= 11 is 0. The van der Waals surface area contributed by atoms with E-state index in [0.717, 1.165) is 0 Å². The molecule has 0 aromatic heterocycles. The SMILES string of the molecule is C=O.C[Si](C)(C)CCP(c1ccccc1)c1ccccc1.C[Si](C)(C)CCP(c1ccccc1)c1ccccc1.C[Si](C)(C)CCP(c1ccccc1)c1ccccc1.[H-].[H-].[H-].[Rh+3]. The van der Waals surface area contributed by atoms with Crippen molar-refractivity contribution in [3.8, 4) is 0 Å². The third-order valence-corrected chi connectivity index (χ3v) is 23.7. The molecule has 8 heteroatoms. The van der Waals surface area contributed by atoms with Gasteiger partial charge in [0.05, 0.1) is 0 Å². The average Bonchev–Trinajstić information content (AvgIpc) is 3.23. The summed E-state index contributed by atoms with van der Waals surface area (Å²) in [6.45, 7) is 24.2. The minimum atomic E-state index is -0.970. The van der Waals surface area contributed by atoms with Gasteiger partial charge in [0.15, 0.2) is 0 Å². The molecule has 0 aliphatic heterocycles. The van der Waals surface area contributed by atoms with Crippen molar-refractivity contribution in [3.05, 3.63) is 182 Å². The minimum absolute atomic E-state index is 0. The molecule has 60 heavy (non-hydrogen) atoms. The van der Waals surface area contributed by atoms with E-state index in [-0.39, 0.29) is 47.5 Å². The fourth-order valence-corrected chi connectivity index (χ4v) is 22.6. The van der Waals surface area contributed by atoms with Gasteiger partial charge in [-0.25, -0.2) is 0 Å². The fourth-order valence-electron chi connectivity index (χ4n) is 6.21. The van der Waals surface area contributed by atoms with E-state index in [2.05, 4.69) is 241 Å². The minimum Gasteiger partial charge on any atom is -1.00 e. The van der Waals surface area contributed by atoms with Crippen LogP contribution in [0, 0.1) is 0 Å². The summed E-state index contributed by atoms with van der Waals surface area (Å²) in [5.41, 5.74) is 0. The number of carbonyl (C=O) groups is 1. The van der Waals surface area contributed by atoms with E-state index in [1.807, 2.05) is 6.79 Å². The van der Waals surface area contributed by atoms with Crippen molar-refractivity contribution in [2.75, 3.05) is 18.5 Å². The van der Waals surface area contributed by atoms with Crippen LogP contribution in [0.5, 0.6) is 0 Å². The first-order chi connectivity index (χ1) is 28.2. The Morgan fingerprint density at radius 3 is 0.567 bits per heavy atom. The Hall–Kier alpha value is -2.45. The van der Waals surface area contributed by atoms with Crippen LogP contribution >= 0.6 is 23.8 Å². The Kier molecular flexibility index (Phi) is 25.3. The number of carbonyl (C=O) groups excluding carboxylic acids is 1. The van der Waals surface area contributed by atoms with Gasteiger partial charge < -0.3 is 9.07 Å². The predicted octanol–water partition coefficient (Wildman–Crippen LogP) is 13.5. The van der Waals surface area contributed by atoms with Crippen molar-refractivity contribution >= 4 is 86.6 Å². The summed E-state index contributed by atoms with van der Waals surface area (Å²) in [4.78, 5) is 8.00. The smallest absolute Gasteiger partial charge is 1.00 e. The zero-order valence-corrected chi connectivity index (χ0v) is 45.2. The summed E-state index contributed by atoms with van der Waals surface area (Å²) in [6.07, 6.45) is 4.00. The van der Waals surface area contributed by atoms with Crippen LogP contribution in [-0.2, 0) is 24.3 Å². The second-order valence-corrected chi connectivity index (χ2v) is 42.3. The van der Waals surface area contributed by atoms with E-state index >= 15 is 0 Å². The summed E-state index contributed by atoms with van der Waals surface area (Å²) in [6, 6.07) is 70.4. The maximum atomic E-state index is 8.00. The molecule has 0 bridgehead atoms. The van der Waals surface area contributed by atoms with Crippen molar-refractivity contribution in [3.63, 3.8) is 0 Å². The quantitative estimate of drug-likeness (QED) is 0.0740. The van der Waals surface area contributed by atoms with Gasteiger partial charge in [0, 0.05) is 24.2 Å². The molecule has 6 aromatic rings. The molecule has 0 N–H and O–H groups in total. The van der Waals surface area contributed by atoms with Gasteiger partial charge in [-0.3, -0.25) is 0 Å². The van der Waals surface area contributed by atoms with Crippen molar-refractivity contribution in [2.24, 2.45) is 0 Å². The van der Waals surface area contributed by atoms with Gasteiger partial charge in [-0.1, -0.05) is 259 Å². The molecule has 0 aliphatic carbocycles. The first kappa shape index (κ1) is 53.7. The Balaban J connectivity index is 0. The third-order valence-electron chi connectivity index (χ3n) is 9.66. The molecule has 6 rings (SSSR count). The molecular weight excluding hydrogens is 921 g/mol. The Morgan fingerprint density at radius 1 is 0.317 bits per heavy atom. The van der Waals surface area contributed by atoms with Crippen molar-refractivity contribution in [1.82, 2.24) is 0 Å². The second kappa shape index (κ2) is 28.3. The summed E-state index contributed by atoms with van der Waals surface area (Å²) in [5.74, 6) is 0. The molecular formula is C52H74OP3RhSi3. The van der Waals surface area contributed by atoms with Crippen LogP contribution in [0.25, 0.3) is 0 Å². The van der Waals surface area contributed by atoms with Gasteiger partial charge in [0.2, 0.25) is 0 Å². The van der Waals surface area contributed by atoms with Crippen LogP contribution in [0.2, 0.25) is 77.1 Å². The Bertz CT molecular complexity index is 1620. The molecule has 1 nitrogen and oxygen atoms in total. The first-order valence-electron chi connectivity index (χ1n) is 21.1. The van der Waals surface area contributed by atoms with Crippen LogP contribution < -0.4 is 31.8 Å². The molecule has 0 unspecified atom stereocenters. The summed E-state index contributed by atoms with van der Waals surface area (Å²) < 4.78 is 0. The van der Waals surface area contributed by atoms with Crippen molar-refractivity contribution < 1.29 is 28.6 Å². The summed E-state index contributed by atoms with van der Waals surface area (Å²) in [7, 11) is -3.45. The molecule has 0 aliphatic rings. The molecule has 0 heterocycles. The van der Waals surface area contributed by atoms with Crippen LogP contribution in [0.1, 0.15) is 4.28 Å². The standard InChI is InChI=1S/3C17H23PSi.CH2O.Rh.3H/c3*1-19(2,3)15-14-18(16-10-6-4-7-11-16)17-12-8-5-9-13-17;1-2;;;;/h3*4-13H,14-15H2,1-3H3;1H2;;;;/q;;;;+3;3*-1. The molecule has 0 fully saturated rings. The van der Waals surface area contributed by atoms with Crippen LogP contribution in [-0.4, -0.2) is 49.5 Å². The first-order valence-corrected chi connectivity index (χ1v) is 36.8. The maximum Gasteiger partial charge on any atom is 3.00 e. The topological polar surface area (TPSA) is 17.1 Å². The molecule has 6 aromatic carbocycles. The van der Waals surface area contributed by atoms with Gasteiger partial charge in [-0.15, -0.1) is 0 Å².